The van der Waals surface area contributed by atoms with Gasteiger partial charge in [0.05, 0.1) is 5.02 Å². The molecule has 2 atom stereocenters. The SMILES string of the molecule is CCCCC(CC)C(Cc1cccc(Cl)c1F)NCC. The fourth-order valence-electron chi connectivity index (χ4n) is 2.77. The van der Waals surface area contributed by atoms with Crippen LogP contribution in [0.1, 0.15) is 52.0 Å². The molecular formula is C17H27ClFN. The zero-order valence-corrected chi connectivity index (χ0v) is 13.6. The van der Waals surface area contributed by atoms with E-state index in [1.807, 2.05) is 12.1 Å². The molecule has 0 spiro atoms. The Morgan fingerprint density at radius 1 is 1.25 bits per heavy atom. The van der Waals surface area contributed by atoms with Gasteiger partial charge in [-0.3, -0.25) is 0 Å². The average Bonchev–Trinajstić information content (AvgIpc) is 2.44. The molecule has 0 heterocycles. The Morgan fingerprint density at radius 2 is 2.00 bits per heavy atom. The molecule has 0 bridgehead atoms. The Labute approximate surface area is 127 Å². The number of unbranched alkanes of at least 4 members (excludes halogenated alkanes) is 1. The second kappa shape index (κ2) is 9.36. The molecule has 1 nitrogen and oxygen atoms in total. The molecule has 1 aromatic carbocycles. The maximum absolute atomic E-state index is 14.1. The first-order valence-electron chi connectivity index (χ1n) is 7.80. The van der Waals surface area contributed by atoms with Crippen molar-refractivity contribution < 1.29 is 4.39 Å². The van der Waals surface area contributed by atoms with E-state index in [4.69, 9.17) is 11.6 Å². The molecule has 20 heavy (non-hydrogen) atoms. The second-order valence-corrected chi connectivity index (χ2v) is 5.80. The van der Waals surface area contributed by atoms with Gasteiger partial charge in [-0.1, -0.05) is 63.8 Å². The molecule has 0 saturated heterocycles. The van der Waals surface area contributed by atoms with E-state index >= 15 is 0 Å². The fraction of sp³-hybridized carbons (Fsp3) is 0.647. The van der Waals surface area contributed by atoms with E-state index in [1.165, 1.54) is 19.3 Å². The van der Waals surface area contributed by atoms with Gasteiger partial charge in [-0.05, 0) is 36.9 Å². The van der Waals surface area contributed by atoms with Crippen LogP contribution in [-0.4, -0.2) is 12.6 Å². The molecule has 0 saturated carbocycles. The number of rotatable bonds is 9. The predicted molar refractivity (Wildman–Crippen MR) is 85.9 cm³/mol. The minimum absolute atomic E-state index is 0.222. The highest BCUT2D eigenvalue weighted by atomic mass is 35.5. The summed E-state index contributed by atoms with van der Waals surface area (Å²) in [5.41, 5.74) is 0.721. The van der Waals surface area contributed by atoms with Crippen LogP contribution in [0.25, 0.3) is 0 Å². The van der Waals surface area contributed by atoms with Gasteiger partial charge in [0.15, 0.2) is 0 Å². The van der Waals surface area contributed by atoms with Crippen molar-refractivity contribution in [1.29, 1.82) is 0 Å². The molecule has 0 fully saturated rings. The predicted octanol–water partition coefficient (Wildman–Crippen LogP) is 5.22. The summed E-state index contributed by atoms with van der Waals surface area (Å²) in [5.74, 6) is 0.329. The Balaban J connectivity index is 2.81. The normalized spacial score (nSPS) is 14.2. The molecular weight excluding hydrogens is 273 g/mol. The number of hydrogen-bond donors (Lipinski definition) is 1. The fourth-order valence-corrected chi connectivity index (χ4v) is 2.96. The van der Waals surface area contributed by atoms with Gasteiger partial charge in [0, 0.05) is 6.04 Å². The van der Waals surface area contributed by atoms with E-state index in [1.54, 1.807) is 6.07 Å². The molecule has 0 aliphatic rings. The topological polar surface area (TPSA) is 12.0 Å². The summed E-state index contributed by atoms with van der Waals surface area (Å²) in [4.78, 5) is 0. The van der Waals surface area contributed by atoms with Crippen LogP contribution in [0.4, 0.5) is 4.39 Å². The Hall–Kier alpha value is -0.600. The van der Waals surface area contributed by atoms with Gasteiger partial charge in [-0.25, -0.2) is 4.39 Å². The molecule has 1 N–H and O–H groups in total. The van der Waals surface area contributed by atoms with Gasteiger partial charge in [0.2, 0.25) is 0 Å². The second-order valence-electron chi connectivity index (χ2n) is 5.39. The zero-order chi connectivity index (χ0) is 15.0. The van der Waals surface area contributed by atoms with Gasteiger partial charge in [0.1, 0.15) is 5.82 Å². The van der Waals surface area contributed by atoms with E-state index in [9.17, 15) is 4.39 Å². The lowest BCUT2D eigenvalue weighted by atomic mass is 9.87. The minimum atomic E-state index is -0.262. The van der Waals surface area contributed by atoms with E-state index in [-0.39, 0.29) is 10.8 Å². The average molecular weight is 300 g/mol. The van der Waals surface area contributed by atoms with Crippen LogP contribution in [0.2, 0.25) is 5.02 Å². The smallest absolute Gasteiger partial charge is 0.145 e. The van der Waals surface area contributed by atoms with Crippen molar-refractivity contribution in [2.45, 2.75) is 58.9 Å². The quantitative estimate of drug-likeness (QED) is 0.659. The number of benzene rings is 1. The lowest BCUT2D eigenvalue weighted by Crippen LogP contribution is -2.38. The summed E-state index contributed by atoms with van der Waals surface area (Å²) in [5, 5.41) is 3.75. The molecule has 2 unspecified atom stereocenters. The summed E-state index contributed by atoms with van der Waals surface area (Å²) in [6, 6.07) is 5.61. The van der Waals surface area contributed by atoms with Crippen molar-refractivity contribution in [3.05, 3.63) is 34.6 Å². The number of hydrogen-bond acceptors (Lipinski definition) is 1. The molecule has 1 aromatic rings. The van der Waals surface area contributed by atoms with E-state index in [0.29, 0.717) is 18.4 Å². The first-order chi connectivity index (χ1) is 9.63. The largest absolute Gasteiger partial charge is 0.314 e. The van der Waals surface area contributed by atoms with Crippen LogP contribution in [0.3, 0.4) is 0 Å². The lowest BCUT2D eigenvalue weighted by Gasteiger charge is -2.27. The van der Waals surface area contributed by atoms with Gasteiger partial charge in [-0.15, -0.1) is 0 Å². The lowest BCUT2D eigenvalue weighted by molar-refractivity contribution is 0.317. The van der Waals surface area contributed by atoms with Crippen molar-refractivity contribution in [1.82, 2.24) is 5.32 Å². The van der Waals surface area contributed by atoms with Crippen LogP contribution < -0.4 is 5.32 Å². The highest BCUT2D eigenvalue weighted by Crippen LogP contribution is 2.24. The summed E-state index contributed by atoms with van der Waals surface area (Å²) >= 11 is 5.88. The Kier molecular flexibility index (Phi) is 8.16. The molecule has 1 rings (SSSR count). The van der Waals surface area contributed by atoms with Crippen LogP contribution in [0.15, 0.2) is 18.2 Å². The van der Waals surface area contributed by atoms with E-state index < -0.39 is 0 Å². The van der Waals surface area contributed by atoms with E-state index in [0.717, 1.165) is 18.5 Å². The first kappa shape index (κ1) is 17.5. The third kappa shape index (κ3) is 5.06. The molecule has 114 valence electrons. The maximum Gasteiger partial charge on any atom is 0.145 e. The third-order valence-electron chi connectivity index (χ3n) is 3.96. The van der Waals surface area contributed by atoms with Crippen molar-refractivity contribution in [2.24, 2.45) is 5.92 Å². The summed E-state index contributed by atoms with van der Waals surface area (Å²) < 4.78 is 14.1. The monoisotopic (exact) mass is 299 g/mol. The van der Waals surface area contributed by atoms with Gasteiger partial charge in [-0.2, -0.15) is 0 Å². The van der Waals surface area contributed by atoms with Crippen LogP contribution >= 0.6 is 11.6 Å². The van der Waals surface area contributed by atoms with Crippen molar-refractivity contribution in [2.75, 3.05) is 6.54 Å². The number of likely N-dealkylation sites (N-methyl/N-ethyl adjacent to an activating group) is 1. The zero-order valence-electron chi connectivity index (χ0n) is 12.9. The van der Waals surface area contributed by atoms with Crippen LogP contribution in [0, 0.1) is 11.7 Å². The van der Waals surface area contributed by atoms with Crippen LogP contribution in [0.5, 0.6) is 0 Å². The van der Waals surface area contributed by atoms with Crippen molar-refractivity contribution >= 4 is 11.6 Å². The van der Waals surface area contributed by atoms with Gasteiger partial charge in [0.25, 0.3) is 0 Å². The molecule has 0 aliphatic heterocycles. The molecule has 0 aliphatic carbocycles. The Morgan fingerprint density at radius 3 is 2.60 bits per heavy atom. The molecule has 3 heteroatoms. The molecule has 0 aromatic heterocycles. The highest BCUT2D eigenvalue weighted by Gasteiger charge is 2.21. The van der Waals surface area contributed by atoms with Crippen LogP contribution in [-0.2, 0) is 6.42 Å². The van der Waals surface area contributed by atoms with Crippen molar-refractivity contribution in [3.63, 3.8) is 0 Å². The maximum atomic E-state index is 14.1. The summed E-state index contributed by atoms with van der Waals surface area (Å²) in [7, 11) is 0. The Bertz CT molecular complexity index is 395. The van der Waals surface area contributed by atoms with Crippen molar-refractivity contribution in [3.8, 4) is 0 Å². The van der Waals surface area contributed by atoms with Gasteiger partial charge < -0.3 is 5.32 Å². The molecule has 0 radical (unpaired) electrons. The first-order valence-corrected chi connectivity index (χ1v) is 8.18. The standard InChI is InChI=1S/C17H27ClFN/c1-4-7-9-13(5-2)16(20-6-3)12-14-10-8-11-15(18)17(14)19/h8,10-11,13,16,20H,4-7,9,12H2,1-3H3. The summed E-state index contributed by atoms with van der Waals surface area (Å²) in [6.45, 7) is 7.45. The van der Waals surface area contributed by atoms with Gasteiger partial charge >= 0.3 is 0 Å². The van der Waals surface area contributed by atoms with E-state index in [2.05, 4.69) is 26.1 Å². The highest BCUT2D eigenvalue weighted by molar-refractivity contribution is 6.30. The molecule has 0 amide bonds. The third-order valence-corrected chi connectivity index (χ3v) is 4.25. The number of halogens is 2. The number of nitrogens with one attached hydrogen (secondary N) is 1. The minimum Gasteiger partial charge on any atom is -0.314 e. The summed E-state index contributed by atoms with van der Waals surface area (Å²) in [6.07, 6.45) is 5.48.